The number of esters is 1. The Morgan fingerprint density at radius 3 is 2.57 bits per heavy atom. The number of azide groups is 1. The van der Waals surface area contributed by atoms with Crippen LogP contribution in [-0.2, 0) is 15.1 Å². The zero-order valence-electron chi connectivity index (χ0n) is 15.7. The van der Waals surface area contributed by atoms with Gasteiger partial charge in [0.1, 0.15) is 17.2 Å². The molecular weight excluding hydrogens is 386 g/mol. The molecule has 0 amide bonds. The van der Waals surface area contributed by atoms with E-state index in [9.17, 15) is 9.59 Å². The second-order valence-corrected chi connectivity index (χ2v) is 6.96. The second-order valence-electron chi connectivity index (χ2n) is 6.96. The Labute approximate surface area is 170 Å². The minimum Gasteiger partial charge on any atom is -0.456 e. The minimum atomic E-state index is -1.29. The summed E-state index contributed by atoms with van der Waals surface area (Å²) >= 11 is 0. The summed E-state index contributed by atoms with van der Waals surface area (Å²) in [5.41, 5.74) is 10.9. The van der Waals surface area contributed by atoms with E-state index >= 15 is 0 Å². The van der Waals surface area contributed by atoms with Crippen molar-refractivity contribution in [3.63, 3.8) is 0 Å². The first kappa shape index (κ1) is 17.8. The van der Waals surface area contributed by atoms with Crippen molar-refractivity contribution in [2.75, 3.05) is 0 Å². The number of benzene rings is 3. The van der Waals surface area contributed by atoms with Crippen molar-refractivity contribution in [1.82, 2.24) is 0 Å². The van der Waals surface area contributed by atoms with Crippen molar-refractivity contribution in [2.24, 2.45) is 5.11 Å². The molecule has 3 aromatic rings. The molecule has 30 heavy (non-hydrogen) atoms. The molecule has 3 aromatic carbocycles. The molecule has 0 fully saturated rings. The summed E-state index contributed by atoms with van der Waals surface area (Å²) in [6.45, 7) is 2.25. The lowest BCUT2D eigenvalue weighted by atomic mass is 9.77. The molecule has 2 aliphatic rings. The third-order valence-electron chi connectivity index (χ3n) is 5.26. The molecule has 0 saturated carbocycles. The maximum Gasteiger partial charge on any atom is 0.340 e. The van der Waals surface area contributed by atoms with E-state index in [0.29, 0.717) is 45.9 Å². The Morgan fingerprint density at radius 1 is 1.03 bits per heavy atom. The highest BCUT2D eigenvalue weighted by molar-refractivity contribution is 5.97. The van der Waals surface area contributed by atoms with Crippen LogP contribution in [0.25, 0.3) is 10.4 Å². The second kappa shape index (κ2) is 6.37. The van der Waals surface area contributed by atoms with Crippen LogP contribution in [0, 0.1) is 6.92 Å². The maximum absolute atomic E-state index is 12.8. The lowest BCUT2D eigenvalue weighted by molar-refractivity contribution is -0.120. The standard InChI is InChI=1S/C22H13N3O5/c1-12-2-6-16-19(8-12)29-20-9-13(24-25-23)3-7-17(20)22(16)18-10-14(28-11-26)4-5-15(18)21(27)30-22/h2-11H,1H3. The fraction of sp³-hybridized carbons (Fsp3) is 0.0909. The van der Waals surface area contributed by atoms with E-state index in [-0.39, 0.29) is 5.75 Å². The van der Waals surface area contributed by atoms with E-state index in [1.165, 1.54) is 6.07 Å². The monoisotopic (exact) mass is 399 g/mol. The molecule has 1 unspecified atom stereocenters. The SMILES string of the molecule is Cc1ccc2c(c1)Oc1cc(N=[N+]=[N-])ccc1C21OC(=O)c2ccc(OC=O)cc21. The molecular formula is C22H13N3O5. The molecule has 1 atom stereocenters. The first-order chi connectivity index (χ1) is 14.6. The summed E-state index contributed by atoms with van der Waals surface area (Å²) in [7, 11) is 0. The summed E-state index contributed by atoms with van der Waals surface area (Å²) in [6, 6.07) is 15.3. The normalized spacial score (nSPS) is 17.7. The van der Waals surface area contributed by atoms with Crippen LogP contribution >= 0.6 is 0 Å². The lowest BCUT2D eigenvalue weighted by Crippen LogP contribution is -2.33. The van der Waals surface area contributed by atoms with Crippen molar-refractivity contribution < 1.29 is 23.8 Å². The van der Waals surface area contributed by atoms with Gasteiger partial charge in [-0.15, -0.1) is 0 Å². The van der Waals surface area contributed by atoms with Crippen LogP contribution in [0.2, 0.25) is 0 Å². The smallest absolute Gasteiger partial charge is 0.340 e. The van der Waals surface area contributed by atoms with Crippen molar-refractivity contribution in [1.29, 1.82) is 0 Å². The van der Waals surface area contributed by atoms with Crippen molar-refractivity contribution in [3.05, 3.63) is 92.9 Å². The summed E-state index contributed by atoms with van der Waals surface area (Å²) in [4.78, 5) is 26.5. The van der Waals surface area contributed by atoms with Gasteiger partial charge in [-0.25, -0.2) is 4.79 Å². The number of rotatable bonds is 3. The summed E-state index contributed by atoms with van der Waals surface area (Å²) < 4.78 is 17.1. The van der Waals surface area contributed by atoms with Gasteiger partial charge in [-0.2, -0.15) is 0 Å². The number of carbonyl (C=O) groups excluding carboxylic acids is 2. The maximum atomic E-state index is 12.8. The molecule has 1 spiro atoms. The summed E-state index contributed by atoms with van der Waals surface area (Å²) in [5, 5.41) is 3.64. The number of nitrogens with zero attached hydrogens (tertiary/aromatic N) is 3. The van der Waals surface area contributed by atoms with Crippen LogP contribution in [0.4, 0.5) is 5.69 Å². The fourth-order valence-corrected chi connectivity index (χ4v) is 4.04. The topological polar surface area (TPSA) is 111 Å². The third-order valence-corrected chi connectivity index (χ3v) is 5.26. The number of hydrogen-bond acceptors (Lipinski definition) is 6. The molecule has 2 heterocycles. The number of aryl methyl sites for hydroxylation is 1. The fourth-order valence-electron chi connectivity index (χ4n) is 4.04. The molecule has 2 aliphatic heterocycles. The van der Waals surface area contributed by atoms with Gasteiger partial charge >= 0.3 is 5.97 Å². The van der Waals surface area contributed by atoms with Crippen LogP contribution in [0.15, 0.2) is 59.7 Å². The van der Waals surface area contributed by atoms with Gasteiger partial charge in [-0.05, 0) is 48.4 Å². The van der Waals surface area contributed by atoms with E-state index in [0.717, 1.165) is 5.56 Å². The molecule has 0 aliphatic carbocycles. The zero-order valence-corrected chi connectivity index (χ0v) is 15.7. The number of carbonyl (C=O) groups is 2. The van der Waals surface area contributed by atoms with Gasteiger partial charge in [0.25, 0.3) is 6.47 Å². The van der Waals surface area contributed by atoms with E-state index < -0.39 is 11.6 Å². The summed E-state index contributed by atoms with van der Waals surface area (Å²) in [5.74, 6) is 0.707. The van der Waals surface area contributed by atoms with Gasteiger partial charge < -0.3 is 14.2 Å². The predicted octanol–water partition coefficient (Wildman–Crippen LogP) is 5.04. The van der Waals surface area contributed by atoms with Crippen molar-refractivity contribution in [3.8, 4) is 17.2 Å². The van der Waals surface area contributed by atoms with Crippen molar-refractivity contribution >= 4 is 18.1 Å². The highest BCUT2D eigenvalue weighted by Crippen LogP contribution is 2.57. The third kappa shape index (κ3) is 2.38. The van der Waals surface area contributed by atoms with Crippen LogP contribution < -0.4 is 9.47 Å². The Balaban J connectivity index is 1.85. The average molecular weight is 399 g/mol. The quantitative estimate of drug-likeness (QED) is 0.201. The highest BCUT2D eigenvalue weighted by Gasteiger charge is 2.53. The van der Waals surface area contributed by atoms with Gasteiger partial charge in [0.05, 0.1) is 5.56 Å². The lowest BCUT2D eigenvalue weighted by Gasteiger charge is -2.36. The molecule has 0 radical (unpaired) electrons. The Morgan fingerprint density at radius 2 is 1.80 bits per heavy atom. The molecule has 0 bridgehead atoms. The largest absolute Gasteiger partial charge is 0.456 e. The molecule has 0 N–H and O–H groups in total. The first-order valence-electron chi connectivity index (χ1n) is 9.03. The van der Waals surface area contributed by atoms with Crippen LogP contribution in [0.1, 0.15) is 32.6 Å². The molecule has 146 valence electrons. The summed E-state index contributed by atoms with van der Waals surface area (Å²) in [6.07, 6.45) is 0. The number of fused-ring (bicyclic) bond motifs is 6. The van der Waals surface area contributed by atoms with Crippen LogP contribution in [0.3, 0.4) is 0 Å². The molecule has 0 saturated heterocycles. The Bertz CT molecular complexity index is 1300. The van der Waals surface area contributed by atoms with Gasteiger partial charge in [0, 0.05) is 27.3 Å². The van der Waals surface area contributed by atoms with Crippen LogP contribution in [0.5, 0.6) is 17.2 Å². The molecule has 5 rings (SSSR count). The first-order valence-corrected chi connectivity index (χ1v) is 9.03. The minimum absolute atomic E-state index is 0.286. The van der Waals surface area contributed by atoms with Gasteiger partial charge in [-0.3, -0.25) is 4.79 Å². The molecule has 8 nitrogen and oxygen atoms in total. The Kier molecular flexibility index (Phi) is 3.77. The van der Waals surface area contributed by atoms with Gasteiger partial charge in [-0.1, -0.05) is 29.4 Å². The average Bonchev–Trinajstić information content (AvgIpc) is 3.01. The highest BCUT2D eigenvalue weighted by atomic mass is 16.6. The van der Waals surface area contributed by atoms with E-state index in [1.807, 2.05) is 25.1 Å². The Hall–Kier alpha value is -4.29. The zero-order chi connectivity index (χ0) is 20.9. The number of ether oxygens (including phenoxy) is 3. The molecule has 0 aromatic heterocycles. The van der Waals surface area contributed by atoms with E-state index in [2.05, 4.69) is 10.0 Å². The molecule has 8 heteroatoms. The van der Waals surface area contributed by atoms with Gasteiger partial charge in [0.2, 0.25) is 0 Å². The van der Waals surface area contributed by atoms with Crippen LogP contribution in [-0.4, -0.2) is 12.4 Å². The van der Waals surface area contributed by atoms with E-state index in [4.69, 9.17) is 19.7 Å². The number of hydrogen-bond donors (Lipinski definition) is 0. The van der Waals surface area contributed by atoms with Crippen molar-refractivity contribution in [2.45, 2.75) is 12.5 Å². The predicted molar refractivity (Wildman–Crippen MR) is 105 cm³/mol. The van der Waals surface area contributed by atoms with E-state index in [1.54, 1.807) is 30.3 Å². The van der Waals surface area contributed by atoms with Gasteiger partial charge in [0.15, 0.2) is 5.60 Å².